The molecular formula is C15H18ClNO4S. The highest BCUT2D eigenvalue weighted by Crippen LogP contribution is 2.23. The van der Waals surface area contributed by atoms with Gasteiger partial charge in [0.1, 0.15) is 0 Å². The number of thioether (sulfide) groups is 1. The van der Waals surface area contributed by atoms with Crippen molar-refractivity contribution in [2.45, 2.75) is 24.2 Å². The average molecular weight is 344 g/mol. The van der Waals surface area contributed by atoms with Crippen LogP contribution in [0.25, 0.3) is 0 Å². The first kappa shape index (κ1) is 17.1. The van der Waals surface area contributed by atoms with E-state index in [1.54, 1.807) is 11.0 Å². The van der Waals surface area contributed by atoms with Crippen LogP contribution in [0.2, 0.25) is 5.02 Å². The number of carbonyl (C=O) groups is 2. The van der Waals surface area contributed by atoms with Gasteiger partial charge in [-0.2, -0.15) is 0 Å². The van der Waals surface area contributed by atoms with Gasteiger partial charge in [-0.25, -0.2) is 4.79 Å². The summed E-state index contributed by atoms with van der Waals surface area (Å²) in [5.41, 5.74) is -0.630. The number of aliphatic carboxylic acids is 1. The number of benzene rings is 1. The van der Waals surface area contributed by atoms with Crippen LogP contribution in [-0.4, -0.2) is 51.4 Å². The van der Waals surface area contributed by atoms with E-state index in [9.17, 15) is 14.7 Å². The van der Waals surface area contributed by atoms with Crippen molar-refractivity contribution in [2.24, 2.45) is 0 Å². The highest BCUT2D eigenvalue weighted by Gasteiger charge is 2.40. The molecule has 1 amide bonds. The van der Waals surface area contributed by atoms with Gasteiger partial charge in [0.25, 0.3) is 0 Å². The molecule has 1 aromatic rings. The minimum Gasteiger partial charge on any atom is -0.479 e. The molecule has 5 nitrogen and oxygen atoms in total. The van der Waals surface area contributed by atoms with Crippen molar-refractivity contribution in [3.05, 3.63) is 34.9 Å². The van der Waals surface area contributed by atoms with Crippen LogP contribution in [0.5, 0.6) is 0 Å². The Bertz CT molecular complexity index is 558. The molecule has 1 aromatic carbocycles. The number of nitrogens with zero attached hydrogens (tertiary/aromatic N) is 1. The van der Waals surface area contributed by atoms with E-state index in [1.165, 1.54) is 11.8 Å². The van der Waals surface area contributed by atoms with Gasteiger partial charge in [-0.15, -0.1) is 11.8 Å². The van der Waals surface area contributed by atoms with Gasteiger partial charge in [-0.05, 0) is 17.7 Å². The molecule has 2 N–H and O–H groups in total. The third-order valence-corrected chi connectivity index (χ3v) is 4.95. The lowest BCUT2D eigenvalue weighted by molar-refractivity contribution is -0.165. The van der Waals surface area contributed by atoms with Crippen LogP contribution in [0.4, 0.5) is 0 Å². The highest BCUT2D eigenvalue weighted by molar-refractivity contribution is 7.99. The molecule has 22 heavy (non-hydrogen) atoms. The summed E-state index contributed by atoms with van der Waals surface area (Å²) in [4.78, 5) is 24.6. The van der Waals surface area contributed by atoms with E-state index in [0.29, 0.717) is 16.5 Å². The zero-order chi connectivity index (χ0) is 16.2. The molecule has 0 atom stereocenters. The second-order valence-corrected chi connectivity index (χ2v) is 6.76. The molecule has 0 unspecified atom stereocenters. The molecule has 1 aliphatic rings. The Morgan fingerprint density at radius 3 is 2.59 bits per heavy atom. The number of halogens is 1. The van der Waals surface area contributed by atoms with Crippen LogP contribution in [0, 0.1) is 0 Å². The van der Waals surface area contributed by atoms with Crippen molar-refractivity contribution < 1.29 is 19.8 Å². The molecule has 1 heterocycles. The predicted octanol–water partition coefficient (Wildman–Crippen LogP) is 2.01. The van der Waals surface area contributed by atoms with Crippen molar-refractivity contribution in [3.8, 4) is 0 Å². The van der Waals surface area contributed by atoms with Crippen LogP contribution in [0.3, 0.4) is 0 Å². The van der Waals surface area contributed by atoms with Crippen LogP contribution in [-0.2, 0) is 15.3 Å². The molecular weight excluding hydrogens is 326 g/mol. The van der Waals surface area contributed by atoms with Gasteiger partial charge in [0.2, 0.25) is 5.91 Å². The van der Waals surface area contributed by atoms with Gasteiger partial charge in [0.05, 0.1) is 5.75 Å². The van der Waals surface area contributed by atoms with Crippen molar-refractivity contribution in [1.82, 2.24) is 4.90 Å². The van der Waals surface area contributed by atoms with E-state index < -0.39 is 11.6 Å². The number of piperidine rings is 1. The molecule has 0 spiro atoms. The second-order valence-electron chi connectivity index (χ2n) is 5.34. The molecule has 120 valence electrons. The standard InChI is InChI=1S/C15H18ClNO4S/c16-12-3-1-2-11(8-12)9-22-10-13(18)17-6-4-15(21,5-7-17)14(19)20/h1-3,8,21H,4-7,9-10H2,(H,19,20). The molecule has 2 rings (SSSR count). The summed E-state index contributed by atoms with van der Waals surface area (Å²) >= 11 is 7.40. The molecule has 0 saturated carbocycles. The lowest BCUT2D eigenvalue weighted by Gasteiger charge is -2.35. The number of hydrogen-bond donors (Lipinski definition) is 2. The Kier molecular flexibility index (Phi) is 5.72. The van der Waals surface area contributed by atoms with E-state index in [2.05, 4.69) is 0 Å². The van der Waals surface area contributed by atoms with Crippen molar-refractivity contribution in [3.63, 3.8) is 0 Å². The first-order chi connectivity index (χ1) is 10.4. The molecule has 1 aliphatic heterocycles. The SMILES string of the molecule is O=C(CSCc1cccc(Cl)c1)N1CCC(O)(C(=O)O)CC1. The number of carboxylic acid groups (broad SMARTS) is 1. The third kappa shape index (κ3) is 4.38. The molecule has 1 fully saturated rings. The number of carbonyl (C=O) groups excluding carboxylic acids is 1. The van der Waals surface area contributed by atoms with Crippen molar-refractivity contribution in [2.75, 3.05) is 18.8 Å². The minimum absolute atomic E-state index is 0.0283. The highest BCUT2D eigenvalue weighted by atomic mass is 35.5. The monoisotopic (exact) mass is 343 g/mol. The normalized spacial score (nSPS) is 17.3. The van der Waals surface area contributed by atoms with E-state index in [4.69, 9.17) is 16.7 Å². The first-order valence-corrected chi connectivity index (χ1v) is 8.50. The topological polar surface area (TPSA) is 77.8 Å². The number of carboxylic acids is 1. The maximum absolute atomic E-state index is 12.1. The van der Waals surface area contributed by atoms with Crippen LogP contribution >= 0.6 is 23.4 Å². The third-order valence-electron chi connectivity index (χ3n) is 3.72. The van der Waals surface area contributed by atoms with E-state index in [1.807, 2.05) is 18.2 Å². The second kappa shape index (κ2) is 7.35. The average Bonchev–Trinajstić information content (AvgIpc) is 2.48. The zero-order valence-electron chi connectivity index (χ0n) is 12.0. The predicted molar refractivity (Wildman–Crippen MR) is 86.0 cm³/mol. The van der Waals surface area contributed by atoms with Gasteiger partial charge in [-0.3, -0.25) is 4.79 Å². The number of hydrogen-bond acceptors (Lipinski definition) is 4. The van der Waals surface area contributed by atoms with E-state index >= 15 is 0 Å². The Morgan fingerprint density at radius 1 is 1.32 bits per heavy atom. The summed E-state index contributed by atoms with van der Waals surface area (Å²) in [5.74, 6) is -0.216. The fourth-order valence-corrected chi connectivity index (χ4v) is 3.40. The van der Waals surface area contributed by atoms with E-state index in [0.717, 1.165) is 5.56 Å². The number of aliphatic hydroxyl groups is 1. The summed E-state index contributed by atoms with van der Waals surface area (Å²) < 4.78 is 0. The van der Waals surface area contributed by atoms with Gasteiger partial charge in [0.15, 0.2) is 5.60 Å². The quantitative estimate of drug-likeness (QED) is 0.855. The van der Waals surface area contributed by atoms with Crippen LogP contribution < -0.4 is 0 Å². The number of rotatable bonds is 5. The summed E-state index contributed by atoms with van der Waals surface area (Å²) in [7, 11) is 0. The number of amides is 1. The smallest absolute Gasteiger partial charge is 0.335 e. The Balaban J connectivity index is 1.76. The zero-order valence-corrected chi connectivity index (χ0v) is 13.6. The van der Waals surface area contributed by atoms with Crippen molar-refractivity contribution in [1.29, 1.82) is 0 Å². The molecule has 0 radical (unpaired) electrons. The first-order valence-electron chi connectivity index (χ1n) is 6.96. The Morgan fingerprint density at radius 2 is 2.00 bits per heavy atom. The molecule has 0 bridgehead atoms. The molecule has 7 heteroatoms. The minimum atomic E-state index is -1.69. The molecule has 0 aromatic heterocycles. The molecule has 1 saturated heterocycles. The lowest BCUT2D eigenvalue weighted by Crippen LogP contribution is -2.51. The maximum Gasteiger partial charge on any atom is 0.335 e. The molecule has 0 aliphatic carbocycles. The summed E-state index contributed by atoms with van der Waals surface area (Å²) in [5, 5.41) is 19.5. The fourth-order valence-electron chi connectivity index (χ4n) is 2.31. The van der Waals surface area contributed by atoms with Gasteiger partial charge >= 0.3 is 5.97 Å². The Labute approximate surface area is 138 Å². The summed E-state index contributed by atoms with van der Waals surface area (Å²) in [6, 6.07) is 7.50. The lowest BCUT2D eigenvalue weighted by atomic mass is 9.92. The van der Waals surface area contributed by atoms with Crippen LogP contribution in [0.15, 0.2) is 24.3 Å². The van der Waals surface area contributed by atoms with Crippen LogP contribution in [0.1, 0.15) is 18.4 Å². The maximum atomic E-state index is 12.1. The fraction of sp³-hybridized carbons (Fsp3) is 0.467. The number of likely N-dealkylation sites (tertiary alicyclic amines) is 1. The van der Waals surface area contributed by atoms with Gasteiger partial charge in [0, 0.05) is 36.7 Å². The van der Waals surface area contributed by atoms with Gasteiger partial charge in [-0.1, -0.05) is 23.7 Å². The van der Waals surface area contributed by atoms with Gasteiger partial charge < -0.3 is 15.1 Å². The van der Waals surface area contributed by atoms with Crippen molar-refractivity contribution >= 4 is 35.2 Å². The summed E-state index contributed by atoms with van der Waals surface area (Å²) in [6.07, 6.45) is 0.153. The largest absolute Gasteiger partial charge is 0.479 e. The Hall–Kier alpha value is -1.24. The van der Waals surface area contributed by atoms with E-state index in [-0.39, 0.29) is 31.8 Å². The summed E-state index contributed by atoms with van der Waals surface area (Å²) in [6.45, 7) is 0.554.